The molecule has 4 N–H and O–H groups in total. The van der Waals surface area contributed by atoms with Crippen molar-refractivity contribution in [2.24, 2.45) is 50.2 Å². The van der Waals surface area contributed by atoms with Gasteiger partial charge < -0.3 is 29.9 Å². The highest BCUT2D eigenvalue weighted by Crippen LogP contribution is 2.76. The van der Waals surface area contributed by atoms with Crippen LogP contribution in [0.25, 0.3) is 0 Å². The van der Waals surface area contributed by atoms with Gasteiger partial charge in [0.15, 0.2) is 5.76 Å². The summed E-state index contributed by atoms with van der Waals surface area (Å²) in [6, 6.07) is 0. The van der Waals surface area contributed by atoms with Gasteiger partial charge in [-0.1, -0.05) is 65.3 Å². The van der Waals surface area contributed by atoms with Crippen LogP contribution in [0.2, 0.25) is 0 Å². The zero-order valence-corrected chi connectivity index (χ0v) is 30.9. The van der Waals surface area contributed by atoms with Crippen molar-refractivity contribution in [2.45, 2.75) is 126 Å². The minimum absolute atomic E-state index is 0.00409. The molecule has 5 aliphatic carbocycles. The molecule has 8 heteroatoms. The number of rotatable bonds is 6. The first kappa shape index (κ1) is 36.9. The summed E-state index contributed by atoms with van der Waals surface area (Å²) in [4.78, 5) is 25.8. The first-order chi connectivity index (χ1) is 22.2. The van der Waals surface area contributed by atoms with Crippen LogP contribution in [0.4, 0.5) is 0 Å². The van der Waals surface area contributed by atoms with Crippen LogP contribution in [0, 0.1) is 50.2 Å². The molecule has 0 saturated heterocycles. The van der Waals surface area contributed by atoms with Gasteiger partial charge in [0.2, 0.25) is 0 Å². The maximum atomic E-state index is 13.1. The summed E-state index contributed by atoms with van der Waals surface area (Å²) in [5.41, 5.74) is -1.42. The van der Waals surface area contributed by atoms with Crippen LogP contribution in [-0.4, -0.2) is 57.8 Å². The Kier molecular flexibility index (Phi) is 9.30. The van der Waals surface area contributed by atoms with E-state index in [2.05, 4.69) is 33.8 Å². The molecule has 0 aliphatic heterocycles. The van der Waals surface area contributed by atoms with Crippen LogP contribution < -0.4 is 0 Å². The molecule has 5 rings (SSSR count). The van der Waals surface area contributed by atoms with E-state index in [-0.39, 0.29) is 52.7 Å². The van der Waals surface area contributed by atoms with E-state index in [0.717, 1.165) is 25.7 Å². The van der Waals surface area contributed by atoms with Gasteiger partial charge in [-0.3, -0.25) is 0 Å². The molecule has 0 aromatic carbocycles. The van der Waals surface area contributed by atoms with Gasteiger partial charge in [-0.25, -0.2) is 9.59 Å². The predicted molar refractivity (Wildman–Crippen MR) is 184 cm³/mol. The highest BCUT2D eigenvalue weighted by atomic mass is 16.5. The van der Waals surface area contributed by atoms with Crippen LogP contribution in [0.3, 0.4) is 0 Å². The highest BCUT2D eigenvalue weighted by Gasteiger charge is 2.72. The molecule has 3 fully saturated rings. The van der Waals surface area contributed by atoms with E-state index in [4.69, 9.17) is 9.47 Å². The van der Waals surface area contributed by atoms with E-state index in [1.165, 1.54) is 5.57 Å². The van der Waals surface area contributed by atoms with Crippen LogP contribution in [0.1, 0.15) is 114 Å². The smallest absolute Gasteiger partial charge is 0.338 e. The average Bonchev–Trinajstić information content (AvgIpc) is 3.03. The van der Waals surface area contributed by atoms with Gasteiger partial charge in [0.25, 0.3) is 0 Å². The molecular formula is C40H60O8. The van der Waals surface area contributed by atoms with Crippen LogP contribution >= 0.6 is 0 Å². The van der Waals surface area contributed by atoms with Gasteiger partial charge in [0.1, 0.15) is 5.76 Å². The quantitative estimate of drug-likeness (QED) is 0.134. The number of esters is 2. The second-order valence-corrected chi connectivity index (χ2v) is 17.5. The molecule has 0 bridgehead atoms. The molecule has 268 valence electrons. The summed E-state index contributed by atoms with van der Waals surface area (Å²) in [6.07, 6.45) is 8.92. The Bertz CT molecular complexity index is 1470. The van der Waals surface area contributed by atoms with Crippen molar-refractivity contribution in [3.05, 3.63) is 46.5 Å². The number of fused-ring (bicyclic) bond motifs is 7. The van der Waals surface area contributed by atoms with Crippen LogP contribution in [0.5, 0.6) is 0 Å². The minimum atomic E-state index is -1.36. The van der Waals surface area contributed by atoms with E-state index < -0.39 is 46.4 Å². The van der Waals surface area contributed by atoms with Crippen molar-refractivity contribution in [3.8, 4) is 0 Å². The molecule has 0 heterocycles. The van der Waals surface area contributed by atoms with Crippen molar-refractivity contribution in [1.82, 2.24) is 0 Å². The van der Waals surface area contributed by atoms with E-state index >= 15 is 0 Å². The van der Waals surface area contributed by atoms with Crippen molar-refractivity contribution < 1.29 is 39.5 Å². The molecule has 0 aromatic rings. The molecule has 0 amide bonds. The maximum absolute atomic E-state index is 13.1. The van der Waals surface area contributed by atoms with Crippen LogP contribution in [-0.2, 0) is 19.1 Å². The summed E-state index contributed by atoms with van der Waals surface area (Å²) in [5.74, 6) is -1.03. The normalized spacial score (nSPS) is 44.0. The fraction of sp³-hybridized carbons (Fsp3) is 0.750. The SMILES string of the molecule is C/C=C(/C)C(=O)OC[C@]1(C)C2CC[C@]3(C)C(CC=C4C5CC(C)(C)C(O)=C(OC(=O)/C(C)=C\C)[C@]5(CO)[C@H](O)C[C@]43C)[C@@]2(C)CC[C@@H]1O. The fourth-order valence-corrected chi connectivity index (χ4v) is 11.4. The summed E-state index contributed by atoms with van der Waals surface area (Å²) in [6.45, 7) is 19.6. The molecule has 10 atom stereocenters. The molecule has 0 spiro atoms. The summed E-state index contributed by atoms with van der Waals surface area (Å²) in [5, 5.41) is 46.6. The Morgan fingerprint density at radius 1 is 0.896 bits per heavy atom. The summed E-state index contributed by atoms with van der Waals surface area (Å²) < 4.78 is 11.8. The predicted octanol–water partition coefficient (Wildman–Crippen LogP) is 7.10. The van der Waals surface area contributed by atoms with Gasteiger partial charge in [-0.05, 0) is 107 Å². The Labute approximate surface area is 287 Å². The van der Waals surface area contributed by atoms with Gasteiger partial charge in [0, 0.05) is 22.0 Å². The minimum Gasteiger partial charge on any atom is -0.508 e. The third-order valence-corrected chi connectivity index (χ3v) is 15.0. The average molecular weight is 669 g/mol. The number of hydrogen-bond donors (Lipinski definition) is 4. The molecular weight excluding hydrogens is 608 g/mol. The van der Waals surface area contributed by atoms with E-state index in [0.29, 0.717) is 30.4 Å². The van der Waals surface area contributed by atoms with E-state index in [1.807, 2.05) is 20.8 Å². The van der Waals surface area contributed by atoms with Crippen molar-refractivity contribution in [3.63, 3.8) is 0 Å². The number of hydrogen-bond acceptors (Lipinski definition) is 8. The molecule has 3 saturated carbocycles. The molecule has 8 nitrogen and oxygen atoms in total. The molecule has 48 heavy (non-hydrogen) atoms. The number of carbonyl (C=O) groups is 2. The van der Waals surface area contributed by atoms with Crippen molar-refractivity contribution >= 4 is 11.9 Å². The molecule has 5 aliphatic rings. The molecule has 3 unspecified atom stereocenters. The van der Waals surface area contributed by atoms with Crippen molar-refractivity contribution in [2.75, 3.05) is 13.2 Å². The Balaban J connectivity index is 1.58. The standard InChI is InChI=1S/C40H60O8/c1-11-23(3)33(45)47-22-37(8)27-15-18-38(9)28(36(27,7)17-16-29(37)42)14-13-25-26-19-35(5,6)31(44)32(48-34(46)24(4)12-2)40(26,21-41)30(43)20-39(25,38)10/h11-13,26-30,41-44H,14-22H2,1-10H3/b23-11-,24-12-/t26?,27?,28?,29-,30+,36-,37+,38+,39+,40-/m0/s1. The van der Waals surface area contributed by atoms with Gasteiger partial charge >= 0.3 is 11.9 Å². The second-order valence-electron chi connectivity index (χ2n) is 17.5. The third kappa shape index (κ3) is 4.93. The zero-order valence-electron chi connectivity index (χ0n) is 30.9. The largest absolute Gasteiger partial charge is 0.508 e. The Morgan fingerprint density at radius 2 is 1.52 bits per heavy atom. The Morgan fingerprint density at radius 3 is 2.12 bits per heavy atom. The fourth-order valence-electron chi connectivity index (χ4n) is 11.4. The van der Waals surface area contributed by atoms with E-state index in [1.54, 1.807) is 32.9 Å². The monoisotopic (exact) mass is 668 g/mol. The number of ether oxygens (including phenoxy) is 2. The first-order valence-electron chi connectivity index (χ1n) is 18.0. The lowest BCUT2D eigenvalue weighted by Crippen LogP contribution is -2.68. The first-order valence-corrected chi connectivity index (χ1v) is 18.0. The van der Waals surface area contributed by atoms with E-state index in [9.17, 15) is 30.0 Å². The highest BCUT2D eigenvalue weighted by molar-refractivity contribution is 5.88. The summed E-state index contributed by atoms with van der Waals surface area (Å²) >= 11 is 0. The number of carbonyl (C=O) groups excluding carboxylic acids is 2. The third-order valence-electron chi connectivity index (χ3n) is 15.0. The lowest BCUT2D eigenvalue weighted by atomic mass is 9.33. The lowest BCUT2D eigenvalue weighted by molar-refractivity contribution is -0.227. The Hall–Kier alpha value is -2.42. The molecule has 0 radical (unpaired) electrons. The number of aliphatic hydroxyl groups excluding tert-OH is 4. The lowest BCUT2D eigenvalue weighted by Gasteiger charge is -2.71. The zero-order chi connectivity index (χ0) is 35.8. The molecule has 0 aromatic heterocycles. The second kappa shape index (κ2) is 12.1. The maximum Gasteiger partial charge on any atom is 0.338 e. The van der Waals surface area contributed by atoms with Crippen LogP contribution in [0.15, 0.2) is 46.5 Å². The van der Waals surface area contributed by atoms with Gasteiger partial charge in [-0.2, -0.15) is 0 Å². The number of allylic oxidation sites excluding steroid dienone is 5. The number of aliphatic hydroxyl groups is 4. The topological polar surface area (TPSA) is 134 Å². The van der Waals surface area contributed by atoms with Gasteiger partial charge in [-0.15, -0.1) is 0 Å². The van der Waals surface area contributed by atoms with Gasteiger partial charge in [0.05, 0.1) is 30.8 Å². The summed E-state index contributed by atoms with van der Waals surface area (Å²) in [7, 11) is 0. The van der Waals surface area contributed by atoms with Crippen molar-refractivity contribution in [1.29, 1.82) is 0 Å².